The Hall–Kier alpha value is -3.48. The van der Waals surface area contributed by atoms with Gasteiger partial charge in [0.2, 0.25) is 11.7 Å². The number of benzene rings is 2. The highest BCUT2D eigenvalue weighted by atomic mass is 16.5. The fourth-order valence-electron chi connectivity index (χ4n) is 3.50. The van der Waals surface area contributed by atoms with E-state index in [4.69, 9.17) is 19.3 Å². The van der Waals surface area contributed by atoms with Gasteiger partial charge in [0.25, 0.3) is 0 Å². The number of hydrogen-bond donors (Lipinski definition) is 1. The SMILES string of the molecule is COc1cc(CCC(=O)Nc2cc(C(C)(C)C)nn2Cc2ccccc2)cc(OC)c1OC. The number of rotatable bonds is 9. The van der Waals surface area contributed by atoms with Crippen molar-refractivity contribution in [2.24, 2.45) is 0 Å². The number of carbonyl (C=O) groups excluding carboxylic acids is 1. The molecule has 1 aromatic heterocycles. The van der Waals surface area contributed by atoms with E-state index in [1.54, 1.807) is 21.3 Å². The molecule has 0 radical (unpaired) electrons. The lowest BCUT2D eigenvalue weighted by Gasteiger charge is -2.14. The second-order valence-electron chi connectivity index (χ2n) is 8.89. The Labute approximate surface area is 195 Å². The summed E-state index contributed by atoms with van der Waals surface area (Å²) in [5.74, 6) is 2.29. The molecule has 3 aromatic rings. The van der Waals surface area contributed by atoms with Crippen LogP contribution in [0.2, 0.25) is 0 Å². The van der Waals surface area contributed by atoms with Crippen molar-refractivity contribution in [1.82, 2.24) is 9.78 Å². The van der Waals surface area contributed by atoms with Crippen LogP contribution in [0.4, 0.5) is 5.82 Å². The first-order valence-electron chi connectivity index (χ1n) is 11.0. The third-order valence-corrected chi connectivity index (χ3v) is 5.36. The molecule has 7 nitrogen and oxygen atoms in total. The molecule has 0 aliphatic carbocycles. The second kappa shape index (κ2) is 10.4. The summed E-state index contributed by atoms with van der Waals surface area (Å²) < 4.78 is 18.0. The van der Waals surface area contributed by atoms with Crippen molar-refractivity contribution in [2.45, 2.75) is 45.6 Å². The van der Waals surface area contributed by atoms with Crippen LogP contribution in [0, 0.1) is 0 Å². The summed E-state index contributed by atoms with van der Waals surface area (Å²) in [7, 11) is 4.72. The number of amides is 1. The molecule has 1 amide bonds. The minimum Gasteiger partial charge on any atom is -0.493 e. The summed E-state index contributed by atoms with van der Waals surface area (Å²) in [5, 5.41) is 7.82. The first-order valence-corrected chi connectivity index (χ1v) is 11.0. The summed E-state index contributed by atoms with van der Waals surface area (Å²) >= 11 is 0. The highest BCUT2D eigenvalue weighted by Gasteiger charge is 2.21. The number of ether oxygens (including phenoxy) is 3. The Morgan fingerprint density at radius 1 is 0.939 bits per heavy atom. The molecule has 0 saturated heterocycles. The van der Waals surface area contributed by atoms with Crippen molar-refractivity contribution in [3.63, 3.8) is 0 Å². The van der Waals surface area contributed by atoms with Gasteiger partial charge in [0.15, 0.2) is 11.5 Å². The van der Waals surface area contributed by atoms with Crippen molar-refractivity contribution < 1.29 is 19.0 Å². The number of anilines is 1. The average Bonchev–Trinajstić information content (AvgIpc) is 3.20. The van der Waals surface area contributed by atoms with E-state index < -0.39 is 0 Å². The molecule has 2 aromatic carbocycles. The van der Waals surface area contributed by atoms with Crippen molar-refractivity contribution >= 4 is 11.7 Å². The fraction of sp³-hybridized carbons (Fsp3) is 0.385. The van der Waals surface area contributed by atoms with E-state index in [0.717, 1.165) is 16.8 Å². The van der Waals surface area contributed by atoms with E-state index in [1.165, 1.54) is 0 Å². The Balaban J connectivity index is 1.75. The summed E-state index contributed by atoms with van der Waals surface area (Å²) in [6.45, 7) is 6.91. The van der Waals surface area contributed by atoms with Gasteiger partial charge in [-0.2, -0.15) is 5.10 Å². The number of nitrogens with zero attached hydrogens (tertiary/aromatic N) is 2. The van der Waals surface area contributed by atoms with Crippen molar-refractivity contribution in [3.05, 3.63) is 65.4 Å². The van der Waals surface area contributed by atoms with Gasteiger partial charge in [-0.25, -0.2) is 4.68 Å². The Kier molecular flexibility index (Phi) is 7.63. The predicted octanol–water partition coefficient (Wildman–Crippen LogP) is 4.83. The molecule has 0 saturated carbocycles. The van der Waals surface area contributed by atoms with Gasteiger partial charge in [0.05, 0.1) is 33.6 Å². The monoisotopic (exact) mass is 451 g/mol. The van der Waals surface area contributed by atoms with Crippen LogP contribution in [0.15, 0.2) is 48.5 Å². The molecular weight excluding hydrogens is 418 g/mol. The molecule has 176 valence electrons. The first kappa shape index (κ1) is 24.2. The molecule has 1 N–H and O–H groups in total. The Morgan fingerprint density at radius 2 is 1.58 bits per heavy atom. The number of methoxy groups -OCH3 is 3. The van der Waals surface area contributed by atoms with E-state index in [2.05, 4.69) is 38.2 Å². The molecule has 0 aliphatic heterocycles. The zero-order valence-electron chi connectivity index (χ0n) is 20.3. The van der Waals surface area contributed by atoms with Crippen LogP contribution in [-0.2, 0) is 23.2 Å². The van der Waals surface area contributed by atoms with Crippen LogP contribution in [0.25, 0.3) is 0 Å². The van der Waals surface area contributed by atoms with Gasteiger partial charge < -0.3 is 19.5 Å². The third kappa shape index (κ3) is 6.06. The van der Waals surface area contributed by atoms with E-state index in [1.807, 2.05) is 41.1 Å². The van der Waals surface area contributed by atoms with Gasteiger partial charge in [-0.3, -0.25) is 4.79 Å². The highest BCUT2D eigenvalue weighted by molar-refractivity contribution is 5.90. The molecule has 0 unspecified atom stereocenters. The lowest BCUT2D eigenvalue weighted by atomic mass is 9.92. The molecule has 0 atom stereocenters. The van der Waals surface area contributed by atoms with Crippen molar-refractivity contribution in [1.29, 1.82) is 0 Å². The van der Waals surface area contributed by atoms with E-state index in [0.29, 0.717) is 42.5 Å². The van der Waals surface area contributed by atoms with Gasteiger partial charge in [0.1, 0.15) is 5.82 Å². The average molecular weight is 452 g/mol. The fourth-order valence-corrected chi connectivity index (χ4v) is 3.50. The van der Waals surface area contributed by atoms with Crippen molar-refractivity contribution in [3.8, 4) is 17.2 Å². The Bertz CT molecular complexity index is 1060. The summed E-state index contributed by atoms with van der Waals surface area (Å²) in [4.78, 5) is 12.8. The maximum absolute atomic E-state index is 12.8. The molecule has 3 rings (SSSR count). The number of nitrogens with one attached hydrogen (secondary N) is 1. The van der Waals surface area contributed by atoms with Crippen LogP contribution in [-0.4, -0.2) is 37.0 Å². The smallest absolute Gasteiger partial charge is 0.225 e. The van der Waals surface area contributed by atoms with Crippen LogP contribution in [0.3, 0.4) is 0 Å². The summed E-state index contributed by atoms with van der Waals surface area (Å²) in [5.41, 5.74) is 2.85. The first-order chi connectivity index (χ1) is 15.7. The summed E-state index contributed by atoms with van der Waals surface area (Å²) in [6.07, 6.45) is 0.835. The van der Waals surface area contributed by atoms with Crippen molar-refractivity contribution in [2.75, 3.05) is 26.6 Å². The lowest BCUT2D eigenvalue weighted by molar-refractivity contribution is -0.116. The molecule has 0 fully saturated rings. The molecule has 0 bridgehead atoms. The van der Waals surface area contributed by atoms with Gasteiger partial charge >= 0.3 is 0 Å². The Morgan fingerprint density at radius 3 is 2.12 bits per heavy atom. The normalized spacial score (nSPS) is 11.2. The number of carbonyl (C=O) groups is 1. The minimum absolute atomic E-state index is 0.0848. The van der Waals surface area contributed by atoms with Gasteiger partial charge in [-0.1, -0.05) is 51.1 Å². The number of aromatic nitrogens is 2. The lowest BCUT2D eigenvalue weighted by Crippen LogP contribution is -2.16. The maximum Gasteiger partial charge on any atom is 0.225 e. The molecular formula is C26H33N3O4. The summed E-state index contributed by atoms with van der Waals surface area (Å²) in [6, 6.07) is 15.8. The molecule has 0 aliphatic rings. The standard InChI is InChI=1S/C26H33N3O4/c1-26(2,3)22-16-23(29(28-22)17-18-10-8-7-9-11-18)27-24(30)13-12-19-14-20(31-4)25(33-6)21(15-19)32-5/h7-11,14-16H,12-13,17H2,1-6H3,(H,27,30). The predicted molar refractivity (Wildman–Crippen MR) is 130 cm³/mol. The van der Waals surface area contributed by atoms with Crippen LogP contribution >= 0.6 is 0 Å². The maximum atomic E-state index is 12.8. The molecule has 0 spiro atoms. The van der Waals surface area contributed by atoms with Gasteiger partial charge in [-0.05, 0) is 29.7 Å². The van der Waals surface area contributed by atoms with Crippen LogP contribution in [0.1, 0.15) is 44.0 Å². The second-order valence-corrected chi connectivity index (χ2v) is 8.89. The van der Waals surface area contributed by atoms with Crippen LogP contribution in [0.5, 0.6) is 17.2 Å². The van der Waals surface area contributed by atoms with E-state index in [-0.39, 0.29) is 11.3 Å². The molecule has 33 heavy (non-hydrogen) atoms. The third-order valence-electron chi connectivity index (χ3n) is 5.36. The van der Waals surface area contributed by atoms with E-state index >= 15 is 0 Å². The van der Waals surface area contributed by atoms with Gasteiger partial charge in [0, 0.05) is 17.9 Å². The topological polar surface area (TPSA) is 74.6 Å². The van der Waals surface area contributed by atoms with Gasteiger partial charge in [-0.15, -0.1) is 0 Å². The minimum atomic E-state index is -0.127. The zero-order valence-corrected chi connectivity index (χ0v) is 20.3. The quantitative estimate of drug-likeness (QED) is 0.505. The molecule has 1 heterocycles. The van der Waals surface area contributed by atoms with Crippen LogP contribution < -0.4 is 19.5 Å². The zero-order chi connectivity index (χ0) is 24.0. The molecule has 7 heteroatoms. The largest absolute Gasteiger partial charge is 0.493 e. The number of aryl methyl sites for hydroxylation is 1. The number of hydrogen-bond acceptors (Lipinski definition) is 5. The highest BCUT2D eigenvalue weighted by Crippen LogP contribution is 2.38. The van der Waals surface area contributed by atoms with E-state index in [9.17, 15) is 4.79 Å².